The molecule has 1 saturated heterocycles. The number of methoxy groups -OCH3 is 1. The molecule has 4 rings (SSSR count). The Balaban J connectivity index is 1.38. The maximum Gasteiger partial charge on any atom is 0.338 e. The molecular weight excluding hydrogens is 326 g/mol. The quantitative estimate of drug-likeness (QED) is 0.618. The highest BCUT2D eigenvalue weighted by Gasteiger charge is 2.26. The Morgan fingerprint density at radius 3 is 2.88 bits per heavy atom. The van der Waals surface area contributed by atoms with Crippen molar-refractivity contribution in [3.05, 3.63) is 47.0 Å². The SMILES string of the molecule is COC(=O)c1ccc(N2CC(C#Cc3cn4c(n3)CCCC4)C2)cc1C. The van der Waals surface area contributed by atoms with Crippen LogP contribution in [0.25, 0.3) is 0 Å². The second-order valence-electron chi connectivity index (χ2n) is 7.05. The van der Waals surface area contributed by atoms with Crippen LogP contribution in [0.15, 0.2) is 24.4 Å². The number of rotatable bonds is 2. The van der Waals surface area contributed by atoms with E-state index < -0.39 is 0 Å². The molecule has 0 radical (unpaired) electrons. The van der Waals surface area contributed by atoms with Gasteiger partial charge in [-0.05, 0) is 49.4 Å². The number of anilines is 1. The summed E-state index contributed by atoms with van der Waals surface area (Å²) in [5.41, 5.74) is 3.59. The molecule has 0 spiro atoms. The molecule has 0 N–H and O–H groups in total. The molecule has 2 aromatic rings. The molecule has 1 aromatic carbocycles. The van der Waals surface area contributed by atoms with Gasteiger partial charge in [0.05, 0.1) is 18.6 Å². The smallest absolute Gasteiger partial charge is 0.338 e. The molecule has 2 aliphatic heterocycles. The van der Waals surface area contributed by atoms with Gasteiger partial charge in [0.25, 0.3) is 0 Å². The van der Waals surface area contributed by atoms with Crippen LogP contribution < -0.4 is 4.90 Å². The first kappa shape index (κ1) is 16.7. The number of benzene rings is 1. The van der Waals surface area contributed by atoms with Crippen molar-refractivity contribution in [2.45, 2.75) is 32.7 Å². The summed E-state index contributed by atoms with van der Waals surface area (Å²) in [7, 11) is 1.41. The largest absolute Gasteiger partial charge is 0.465 e. The lowest BCUT2D eigenvalue weighted by Gasteiger charge is -2.38. The van der Waals surface area contributed by atoms with Crippen molar-refractivity contribution in [3.8, 4) is 11.8 Å². The predicted molar refractivity (Wildman–Crippen MR) is 100 cm³/mol. The summed E-state index contributed by atoms with van der Waals surface area (Å²) >= 11 is 0. The molecule has 0 aliphatic carbocycles. The zero-order valence-corrected chi connectivity index (χ0v) is 15.3. The second-order valence-corrected chi connectivity index (χ2v) is 7.05. The van der Waals surface area contributed by atoms with Gasteiger partial charge < -0.3 is 14.2 Å². The van der Waals surface area contributed by atoms with E-state index in [1.54, 1.807) is 0 Å². The van der Waals surface area contributed by atoms with Gasteiger partial charge in [-0.15, -0.1) is 0 Å². The van der Waals surface area contributed by atoms with Gasteiger partial charge in [0.1, 0.15) is 11.5 Å². The average Bonchev–Trinajstić information content (AvgIpc) is 3.02. The maximum atomic E-state index is 11.7. The van der Waals surface area contributed by atoms with Crippen LogP contribution in [0.5, 0.6) is 0 Å². The number of nitrogens with zero attached hydrogens (tertiary/aromatic N) is 3. The third kappa shape index (κ3) is 3.20. The number of carbonyl (C=O) groups excluding carboxylic acids is 1. The molecule has 26 heavy (non-hydrogen) atoms. The molecule has 0 saturated carbocycles. The highest BCUT2D eigenvalue weighted by molar-refractivity contribution is 5.91. The van der Waals surface area contributed by atoms with Crippen LogP contribution in [-0.2, 0) is 17.7 Å². The zero-order chi connectivity index (χ0) is 18.1. The van der Waals surface area contributed by atoms with Crippen LogP contribution in [0, 0.1) is 24.7 Å². The van der Waals surface area contributed by atoms with E-state index in [0.717, 1.165) is 43.0 Å². The van der Waals surface area contributed by atoms with Crippen molar-refractivity contribution in [2.24, 2.45) is 5.92 Å². The number of imidazole rings is 1. The molecule has 3 heterocycles. The Morgan fingerprint density at radius 1 is 1.31 bits per heavy atom. The monoisotopic (exact) mass is 349 g/mol. The maximum absolute atomic E-state index is 11.7. The van der Waals surface area contributed by atoms with Crippen LogP contribution in [0.4, 0.5) is 5.69 Å². The first-order valence-electron chi connectivity index (χ1n) is 9.15. The van der Waals surface area contributed by atoms with Gasteiger partial charge in [-0.3, -0.25) is 0 Å². The fourth-order valence-electron chi connectivity index (χ4n) is 3.61. The minimum atomic E-state index is -0.288. The minimum absolute atomic E-state index is 0.288. The Morgan fingerprint density at radius 2 is 2.15 bits per heavy atom. The Kier molecular flexibility index (Phi) is 4.42. The molecule has 2 aliphatic rings. The van der Waals surface area contributed by atoms with Crippen molar-refractivity contribution in [2.75, 3.05) is 25.1 Å². The highest BCUT2D eigenvalue weighted by atomic mass is 16.5. The van der Waals surface area contributed by atoms with Gasteiger partial charge in [-0.25, -0.2) is 9.78 Å². The van der Waals surface area contributed by atoms with Crippen LogP contribution >= 0.6 is 0 Å². The van der Waals surface area contributed by atoms with E-state index in [-0.39, 0.29) is 5.97 Å². The number of aryl methyl sites for hydroxylation is 3. The van der Waals surface area contributed by atoms with E-state index in [9.17, 15) is 4.79 Å². The molecular formula is C21H23N3O2. The van der Waals surface area contributed by atoms with Gasteiger partial charge in [-0.2, -0.15) is 0 Å². The van der Waals surface area contributed by atoms with Crippen molar-refractivity contribution < 1.29 is 9.53 Å². The molecule has 0 unspecified atom stereocenters. The zero-order valence-electron chi connectivity index (χ0n) is 15.3. The van der Waals surface area contributed by atoms with E-state index >= 15 is 0 Å². The molecule has 5 nitrogen and oxygen atoms in total. The molecule has 0 atom stereocenters. The van der Waals surface area contributed by atoms with Crippen molar-refractivity contribution in [3.63, 3.8) is 0 Å². The summed E-state index contributed by atoms with van der Waals surface area (Å²) in [6.07, 6.45) is 5.63. The van der Waals surface area contributed by atoms with Gasteiger partial charge >= 0.3 is 5.97 Å². The van der Waals surface area contributed by atoms with Crippen LogP contribution in [0.2, 0.25) is 0 Å². The molecule has 134 valence electrons. The number of hydrogen-bond acceptors (Lipinski definition) is 4. The first-order chi connectivity index (χ1) is 12.6. The predicted octanol–water partition coefficient (Wildman–Crippen LogP) is 2.80. The van der Waals surface area contributed by atoms with Gasteiger partial charge in [0.2, 0.25) is 0 Å². The third-order valence-corrected chi connectivity index (χ3v) is 5.17. The van der Waals surface area contributed by atoms with Gasteiger partial charge in [0.15, 0.2) is 0 Å². The van der Waals surface area contributed by atoms with Gasteiger partial charge in [-0.1, -0.05) is 5.92 Å². The first-order valence-corrected chi connectivity index (χ1v) is 9.15. The van der Waals surface area contributed by atoms with E-state index in [4.69, 9.17) is 4.74 Å². The molecule has 1 aromatic heterocycles. The van der Waals surface area contributed by atoms with E-state index in [0.29, 0.717) is 11.5 Å². The number of hydrogen-bond donors (Lipinski definition) is 0. The van der Waals surface area contributed by atoms with Crippen molar-refractivity contribution >= 4 is 11.7 Å². The molecule has 0 amide bonds. The topological polar surface area (TPSA) is 47.4 Å². The summed E-state index contributed by atoms with van der Waals surface area (Å²) in [6, 6.07) is 5.86. The minimum Gasteiger partial charge on any atom is -0.465 e. The fourth-order valence-corrected chi connectivity index (χ4v) is 3.61. The summed E-state index contributed by atoms with van der Waals surface area (Å²) in [5, 5.41) is 0. The lowest BCUT2D eigenvalue weighted by Crippen LogP contribution is -2.46. The lowest BCUT2D eigenvalue weighted by molar-refractivity contribution is 0.0600. The summed E-state index contributed by atoms with van der Waals surface area (Å²) in [5.74, 6) is 7.86. The third-order valence-electron chi connectivity index (χ3n) is 5.17. The second kappa shape index (κ2) is 6.87. The number of aromatic nitrogens is 2. The summed E-state index contributed by atoms with van der Waals surface area (Å²) < 4.78 is 7.04. The van der Waals surface area contributed by atoms with Crippen LogP contribution in [0.3, 0.4) is 0 Å². The number of esters is 1. The molecule has 5 heteroatoms. The highest BCUT2D eigenvalue weighted by Crippen LogP contribution is 2.26. The van der Waals surface area contributed by atoms with Crippen LogP contribution in [0.1, 0.15) is 40.3 Å². The number of fused-ring (bicyclic) bond motifs is 1. The van der Waals surface area contributed by atoms with E-state index in [1.165, 1.54) is 25.8 Å². The number of carbonyl (C=O) groups is 1. The van der Waals surface area contributed by atoms with E-state index in [1.807, 2.05) is 25.1 Å². The van der Waals surface area contributed by atoms with E-state index in [2.05, 4.69) is 32.5 Å². The Hall–Kier alpha value is -2.74. The summed E-state index contributed by atoms with van der Waals surface area (Å²) in [6.45, 7) is 4.84. The van der Waals surface area contributed by atoms with Crippen molar-refractivity contribution in [1.29, 1.82) is 0 Å². The van der Waals surface area contributed by atoms with Gasteiger partial charge in [0, 0.05) is 37.9 Å². The fraction of sp³-hybridized carbons (Fsp3) is 0.429. The van der Waals surface area contributed by atoms with Crippen molar-refractivity contribution in [1.82, 2.24) is 9.55 Å². The normalized spacial score (nSPS) is 16.3. The Labute approximate surface area is 154 Å². The standard InChI is InChI=1S/C21H23N3O2/c1-15-11-18(8-9-19(15)21(25)26-2)24-12-16(13-24)6-7-17-14-23-10-4-3-5-20(23)22-17/h8-9,11,14,16H,3-5,10,12-13H2,1-2H3. The lowest BCUT2D eigenvalue weighted by atomic mass is 9.98. The summed E-state index contributed by atoms with van der Waals surface area (Å²) in [4.78, 5) is 18.6. The van der Waals surface area contributed by atoms with Crippen LogP contribution in [-0.4, -0.2) is 35.7 Å². The number of ether oxygens (including phenoxy) is 1. The average molecular weight is 349 g/mol. The molecule has 0 bridgehead atoms. The Bertz CT molecular complexity index is 874. The molecule has 1 fully saturated rings.